The Morgan fingerprint density at radius 1 is 1.17 bits per heavy atom. The summed E-state index contributed by atoms with van der Waals surface area (Å²) in [7, 11) is 1.70. The third kappa shape index (κ3) is 5.37. The van der Waals surface area contributed by atoms with Crippen LogP contribution in [0.4, 0.5) is 5.69 Å². The molecular weight excluding hydrogens is 290 g/mol. The fourth-order valence-corrected chi connectivity index (χ4v) is 3.36. The topological polar surface area (TPSA) is 41.6 Å². The lowest BCUT2D eigenvalue weighted by Crippen LogP contribution is -3.18. The van der Waals surface area contributed by atoms with Crippen molar-refractivity contribution in [1.82, 2.24) is 0 Å². The number of rotatable bonds is 8. The molecule has 0 amide bonds. The number of piperazine rings is 1. The van der Waals surface area contributed by atoms with Crippen molar-refractivity contribution >= 4 is 5.69 Å². The van der Waals surface area contributed by atoms with Gasteiger partial charge in [-0.1, -0.05) is 0 Å². The number of quaternary nitrogens is 2. The zero-order chi connectivity index (χ0) is 16.7. The molecule has 0 unspecified atom stereocenters. The quantitative estimate of drug-likeness (QED) is 0.556. The van der Waals surface area contributed by atoms with Gasteiger partial charge >= 0.3 is 0 Å². The van der Waals surface area contributed by atoms with Gasteiger partial charge in [0.15, 0.2) is 6.10 Å². The van der Waals surface area contributed by atoms with Crippen molar-refractivity contribution in [3.63, 3.8) is 0 Å². The average molecular weight is 323 g/mol. The number of aliphatic hydroxyl groups excluding tert-OH is 1. The van der Waals surface area contributed by atoms with E-state index in [2.05, 4.69) is 30.9 Å². The second-order valence-corrected chi connectivity index (χ2v) is 6.45. The number of anilines is 1. The highest BCUT2D eigenvalue weighted by Gasteiger charge is 2.24. The van der Waals surface area contributed by atoms with Crippen LogP contribution in [0.25, 0.3) is 0 Å². The second-order valence-electron chi connectivity index (χ2n) is 6.45. The van der Waals surface area contributed by atoms with Crippen LogP contribution in [0, 0.1) is 0 Å². The minimum absolute atomic E-state index is 0.188. The van der Waals surface area contributed by atoms with E-state index in [4.69, 9.17) is 4.74 Å². The lowest BCUT2D eigenvalue weighted by molar-refractivity contribution is -0.923. The maximum atomic E-state index is 10.3. The normalized spacial score (nSPS) is 17.5. The number of nitrogens with zero attached hydrogens (tertiary/aromatic N) is 1. The maximum Gasteiger partial charge on any atom is 0.152 e. The number of hydrogen-bond acceptors (Lipinski definition) is 3. The molecule has 0 bridgehead atoms. The molecule has 0 radical (unpaired) electrons. The molecule has 0 aromatic heterocycles. The van der Waals surface area contributed by atoms with Gasteiger partial charge in [0.05, 0.1) is 46.4 Å². The van der Waals surface area contributed by atoms with Gasteiger partial charge in [-0.25, -0.2) is 0 Å². The summed E-state index contributed by atoms with van der Waals surface area (Å²) in [5, 5.41) is 10.3. The van der Waals surface area contributed by atoms with E-state index in [1.165, 1.54) is 15.5 Å². The van der Waals surface area contributed by atoms with Gasteiger partial charge in [-0.15, -0.1) is 0 Å². The molecule has 5 nitrogen and oxygen atoms in total. The summed E-state index contributed by atoms with van der Waals surface area (Å²) < 4.78 is 5.21. The zero-order valence-corrected chi connectivity index (χ0v) is 14.8. The van der Waals surface area contributed by atoms with Crippen LogP contribution >= 0.6 is 0 Å². The molecule has 1 heterocycles. The first kappa shape index (κ1) is 18.0. The Bertz CT molecular complexity index is 440. The molecule has 1 aromatic rings. The average Bonchev–Trinajstić information content (AvgIpc) is 2.60. The highest BCUT2D eigenvalue weighted by atomic mass is 16.5. The summed E-state index contributed by atoms with van der Waals surface area (Å²) in [6.07, 6.45) is -0.188. The van der Waals surface area contributed by atoms with Gasteiger partial charge in [-0.3, -0.25) is 0 Å². The third-order valence-corrected chi connectivity index (χ3v) is 4.96. The SMILES string of the molecule is CC[NH+](CC)C[C@H](O)C[NH+]1CCN(c2ccc(OC)cc2)CC1. The van der Waals surface area contributed by atoms with Crippen LogP contribution in [0.5, 0.6) is 5.75 Å². The first-order chi connectivity index (χ1) is 11.2. The van der Waals surface area contributed by atoms with E-state index >= 15 is 0 Å². The number of aliphatic hydroxyl groups is 1. The van der Waals surface area contributed by atoms with Crippen molar-refractivity contribution in [2.24, 2.45) is 0 Å². The summed E-state index contributed by atoms with van der Waals surface area (Å²) in [4.78, 5) is 5.42. The standard InChI is InChI=1S/C18H31N3O2/c1-4-19(5-2)14-17(22)15-20-10-12-21(13-11-20)16-6-8-18(23-3)9-7-16/h6-9,17,22H,4-5,10-15H2,1-3H3/p+2/t17-/m0/s1. The van der Waals surface area contributed by atoms with Gasteiger partial charge in [0.1, 0.15) is 18.8 Å². The van der Waals surface area contributed by atoms with Crippen molar-refractivity contribution in [2.75, 3.05) is 64.4 Å². The summed E-state index contributed by atoms with van der Waals surface area (Å²) >= 11 is 0. The Morgan fingerprint density at radius 3 is 2.30 bits per heavy atom. The van der Waals surface area contributed by atoms with Crippen LogP contribution in [-0.2, 0) is 0 Å². The number of methoxy groups -OCH3 is 1. The highest BCUT2D eigenvalue weighted by Crippen LogP contribution is 2.18. The molecule has 0 saturated carbocycles. The Morgan fingerprint density at radius 2 is 1.78 bits per heavy atom. The zero-order valence-electron chi connectivity index (χ0n) is 14.8. The minimum atomic E-state index is -0.188. The number of hydrogen-bond donors (Lipinski definition) is 3. The molecule has 1 aliphatic heterocycles. The molecule has 2 rings (SSSR count). The van der Waals surface area contributed by atoms with Crippen LogP contribution in [-0.4, -0.2) is 70.7 Å². The Hall–Kier alpha value is -1.30. The molecule has 1 atom stereocenters. The molecule has 0 spiro atoms. The van der Waals surface area contributed by atoms with Gasteiger partial charge in [0, 0.05) is 5.69 Å². The van der Waals surface area contributed by atoms with E-state index in [-0.39, 0.29) is 6.10 Å². The molecular formula is C18H33N3O2+2. The summed E-state index contributed by atoms with van der Waals surface area (Å²) in [5.74, 6) is 0.903. The Kier molecular flexibility index (Phi) is 7.15. The molecule has 23 heavy (non-hydrogen) atoms. The molecule has 1 fully saturated rings. The summed E-state index contributed by atoms with van der Waals surface area (Å²) in [5.41, 5.74) is 1.26. The van der Waals surface area contributed by atoms with Crippen LogP contribution in [0.3, 0.4) is 0 Å². The molecule has 1 saturated heterocycles. The van der Waals surface area contributed by atoms with Gasteiger partial charge in [-0.2, -0.15) is 0 Å². The van der Waals surface area contributed by atoms with Crippen LogP contribution in [0.1, 0.15) is 13.8 Å². The van der Waals surface area contributed by atoms with E-state index in [0.29, 0.717) is 0 Å². The lowest BCUT2D eigenvalue weighted by atomic mass is 10.2. The van der Waals surface area contributed by atoms with Crippen molar-refractivity contribution in [2.45, 2.75) is 20.0 Å². The van der Waals surface area contributed by atoms with E-state index in [0.717, 1.165) is 58.1 Å². The summed E-state index contributed by atoms with van der Waals surface area (Å²) in [6, 6.07) is 8.29. The first-order valence-electron chi connectivity index (χ1n) is 8.90. The maximum absolute atomic E-state index is 10.3. The minimum Gasteiger partial charge on any atom is -0.497 e. The molecule has 5 heteroatoms. The number of likely N-dealkylation sites (N-methyl/N-ethyl adjacent to an activating group) is 1. The lowest BCUT2D eigenvalue weighted by Gasteiger charge is -2.34. The van der Waals surface area contributed by atoms with Crippen molar-refractivity contribution in [1.29, 1.82) is 0 Å². The predicted octanol–water partition coefficient (Wildman–Crippen LogP) is -1.31. The van der Waals surface area contributed by atoms with Crippen LogP contribution < -0.4 is 19.4 Å². The largest absolute Gasteiger partial charge is 0.497 e. The Balaban J connectivity index is 1.76. The number of benzene rings is 1. The second kappa shape index (κ2) is 9.11. The number of ether oxygens (including phenoxy) is 1. The first-order valence-corrected chi connectivity index (χ1v) is 8.90. The van der Waals surface area contributed by atoms with Gasteiger partial charge in [0.2, 0.25) is 0 Å². The number of nitrogens with one attached hydrogen (secondary N) is 2. The van der Waals surface area contributed by atoms with Gasteiger partial charge in [0.25, 0.3) is 0 Å². The van der Waals surface area contributed by atoms with Crippen molar-refractivity contribution < 1.29 is 19.6 Å². The van der Waals surface area contributed by atoms with Crippen molar-refractivity contribution in [3.8, 4) is 5.75 Å². The molecule has 1 aromatic carbocycles. The monoisotopic (exact) mass is 323 g/mol. The van der Waals surface area contributed by atoms with E-state index in [9.17, 15) is 5.11 Å². The van der Waals surface area contributed by atoms with Gasteiger partial charge in [-0.05, 0) is 38.1 Å². The van der Waals surface area contributed by atoms with Crippen molar-refractivity contribution in [3.05, 3.63) is 24.3 Å². The van der Waals surface area contributed by atoms with Crippen LogP contribution in [0.15, 0.2) is 24.3 Å². The molecule has 130 valence electrons. The highest BCUT2D eigenvalue weighted by molar-refractivity contribution is 5.49. The molecule has 3 N–H and O–H groups in total. The molecule has 1 aliphatic rings. The van der Waals surface area contributed by atoms with E-state index in [1.807, 2.05) is 12.1 Å². The summed E-state index contributed by atoms with van der Waals surface area (Å²) in [6.45, 7) is 12.6. The fourth-order valence-electron chi connectivity index (χ4n) is 3.36. The molecule has 0 aliphatic carbocycles. The smallest absolute Gasteiger partial charge is 0.152 e. The fraction of sp³-hybridized carbons (Fsp3) is 0.667. The van der Waals surface area contributed by atoms with Crippen LogP contribution in [0.2, 0.25) is 0 Å². The predicted molar refractivity (Wildman–Crippen MR) is 93.7 cm³/mol. The van der Waals surface area contributed by atoms with Gasteiger partial charge < -0.3 is 24.5 Å². The Labute approximate surface area is 140 Å². The third-order valence-electron chi connectivity index (χ3n) is 4.96. The van der Waals surface area contributed by atoms with E-state index < -0.39 is 0 Å². The van der Waals surface area contributed by atoms with E-state index in [1.54, 1.807) is 7.11 Å².